The van der Waals surface area contributed by atoms with Gasteiger partial charge < -0.3 is 14.8 Å². The Morgan fingerprint density at radius 2 is 1.97 bits per heavy atom. The van der Waals surface area contributed by atoms with E-state index in [9.17, 15) is 14.0 Å². The molecule has 2 aromatic carbocycles. The number of rotatable bonds is 9. The first-order valence-corrected chi connectivity index (χ1v) is 10.3. The summed E-state index contributed by atoms with van der Waals surface area (Å²) < 4.78 is 16.1. The number of hydrogen-bond donors (Lipinski definition) is 1. The van der Waals surface area contributed by atoms with E-state index in [1.807, 2.05) is 24.3 Å². The molecule has 1 N–H and O–H groups in total. The summed E-state index contributed by atoms with van der Waals surface area (Å²) in [7, 11) is 0. The van der Waals surface area contributed by atoms with Crippen LogP contribution >= 0.6 is 0 Å². The van der Waals surface area contributed by atoms with Crippen molar-refractivity contribution in [3.8, 4) is 11.8 Å². The fourth-order valence-corrected chi connectivity index (χ4v) is 3.30. The number of nitrogens with one attached hydrogen (secondary N) is 1. The molecule has 0 bridgehead atoms. The third-order valence-corrected chi connectivity index (χ3v) is 4.97. The number of carbonyl (C=O) groups is 2. The van der Waals surface area contributed by atoms with E-state index in [1.54, 1.807) is 48.1 Å². The van der Waals surface area contributed by atoms with Gasteiger partial charge in [0.15, 0.2) is 0 Å². The van der Waals surface area contributed by atoms with Crippen LogP contribution in [0.5, 0.6) is 0 Å². The molecule has 0 aliphatic rings. The molecule has 8 heteroatoms. The molecular weight excluding hydrogens is 409 g/mol. The summed E-state index contributed by atoms with van der Waals surface area (Å²) in [6, 6.07) is 15.8. The zero-order valence-corrected chi connectivity index (χ0v) is 17.8. The molecule has 0 atom stereocenters. The number of hydrogen-bond acceptors (Lipinski definition) is 4. The van der Waals surface area contributed by atoms with Crippen LogP contribution in [0.1, 0.15) is 30.7 Å². The molecule has 0 saturated carbocycles. The lowest BCUT2D eigenvalue weighted by atomic mass is 10.1. The van der Waals surface area contributed by atoms with Gasteiger partial charge >= 0.3 is 0 Å². The number of benzene rings is 2. The first kappa shape index (κ1) is 22.7. The largest absolute Gasteiger partial charge is 0.352 e. The summed E-state index contributed by atoms with van der Waals surface area (Å²) in [5.41, 5.74) is 1.69. The van der Waals surface area contributed by atoms with Gasteiger partial charge in [-0.05, 0) is 36.8 Å². The molecule has 0 saturated heterocycles. The lowest BCUT2D eigenvalue weighted by Crippen LogP contribution is -2.33. The molecule has 1 aromatic heterocycles. The van der Waals surface area contributed by atoms with Crippen LogP contribution in [-0.4, -0.2) is 27.9 Å². The number of aromatic nitrogens is 2. The van der Waals surface area contributed by atoms with Crippen molar-refractivity contribution in [2.24, 2.45) is 0 Å². The van der Waals surface area contributed by atoms with E-state index in [-0.39, 0.29) is 44.2 Å². The fraction of sp³-hybridized carbons (Fsp3) is 0.250. The van der Waals surface area contributed by atoms with Crippen molar-refractivity contribution < 1.29 is 14.0 Å². The molecule has 0 fully saturated rings. The first-order chi connectivity index (χ1) is 15.5. The number of halogens is 1. The Hall–Kier alpha value is -3.99. The summed E-state index contributed by atoms with van der Waals surface area (Å²) in [6.45, 7) is 2.21. The average Bonchev–Trinajstić information content (AvgIpc) is 3.22. The molecule has 0 unspecified atom stereocenters. The van der Waals surface area contributed by atoms with Crippen LogP contribution in [0, 0.1) is 24.1 Å². The Bertz CT molecular complexity index is 1120. The zero-order valence-electron chi connectivity index (χ0n) is 17.8. The third kappa shape index (κ3) is 5.79. The summed E-state index contributed by atoms with van der Waals surface area (Å²) >= 11 is 0. The zero-order chi connectivity index (χ0) is 22.9. The van der Waals surface area contributed by atoms with Crippen LogP contribution in [0.4, 0.5) is 10.1 Å². The summed E-state index contributed by atoms with van der Waals surface area (Å²) in [4.78, 5) is 30.5. The Morgan fingerprint density at radius 1 is 1.19 bits per heavy atom. The summed E-state index contributed by atoms with van der Waals surface area (Å²) in [5, 5.41) is 11.6. The highest BCUT2D eigenvalue weighted by molar-refractivity contribution is 5.95. The summed E-state index contributed by atoms with van der Waals surface area (Å²) in [6.07, 6.45) is 3.50. The number of carbonyl (C=O) groups excluding carboxylic acids is 2. The quantitative estimate of drug-likeness (QED) is 0.558. The van der Waals surface area contributed by atoms with Gasteiger partial charge in [-0.1, -0.05) is 24.3 Å². The van der Waals surface area contributed by atoms with Crippen LogP contribution in [0.3, 0.4) is 0 Å². The second-order valence-corrected chi connectivity index (χ2v) is 7.20. The van der Waals surface area contributed by atoms with E-state index in [2.05, 4.69) is 10.3 Å². The third-order valence-electron chi connectivity index (χ3n) is 4.97. The van der Waals surface area contributed by atoms with Gasteiger partial charge in [-0.15, -0.1) is 0 Å². The number of para-hydroxylation sites is 1. The predicted molar refractivity (Wildman–Crippen MR) is 118 cm³/mol. The first-order valence-electron chi connectivity index (χ1n) is 10.3. The van der Waals surface area contributed by atoms with E-state index < -0.39 is 5.82 Å². The predicted octanol–water partition coefficient (Wildman–Crippen LogP) is 3.66. The number of nitrogens with zero attached hydrogens (tertiary/aromatic N) is 4. The lowest BCUT2D eigenvalue weighted by molar-refractivity contribution is -0.125. The molecular formula is C24H24FN5O2. The van der Waals surface area contributed by atoms with Crippen molar-refractivity contribution in [3.05, 3.63) is 78.1 Å². The van der Waals surface area contributed by atoms with Crippen molar-refractivity contribution in [1.82, 2.24) is 14.9 Å². The monoisotopic (exact) mass is 433 g/mol. The maximum atomic E-state index is 14.5. The molecule has 32 heavy (non-hydrogen) atoms. The van der Waals surface area contributed by atoms with E-state index >= 15 is 0 Å². The van der Waals surface area contributed by atoms with Gasteiger partial charge in [0, 0.05) is 44.0 Å². The highest BCUT2D eigenvalue weighted by Crippen LogP contribution is 2.17. The van der Waals surface area contributed by atoms with Crippen LogP contribution in [-0.2, 0) is 16.1 Å². The number of aryl methyl sites for hydroxylation is 1. The molecule has 0 spiro atoms. The number of amides is 2. The minimum Gasteiger partial charge on any atom is -0.352 e. The van der Waals surface area contributed by atoms with Crippen LogP contribution in [0.25, 0.3) is 5.69 Å². The SMILES string of the molecule is Cc1nccn1-c1ccc(CNC(=O)CCC(=O)N(CCC#N)c2ccccc2)cc1F. The molecule has 2 amide bonds. The fourth-order valence-electron chi connectivity index (χ4n) is 3.30. The van der Waals surface area contributed by atoms with Gasteiger partial charge in [-0.25, -0.2) is 9.37 Å². The molecule has 3 rings (SSSR count). The van der Waals surface area contributed by atoms with Crippen molar-refractivity contribution in [3.63, 3.8) is 0 Å². The number of imidazole rings is 1. The maximum absolute atomic E-state index is 14.5. The Balaban J connectivity index is 1.53. The van der Waals surface area contributed by atoms with Crippen molar-refractivity contribution in [1.29, 1.82) is 5.26 Å². The van der Waals surface area contributed by atoms with Gasteiger partial charge in [0.2, 0.25) is 11.8 Å². The van der Waals surface area contributed by atoms with Crippen LogP contribution in [0.2, 0.25) is 0 Å². The second-order valence-electron chi connectivity index (χ2n) is 7.20. The topological polar surface area (TPSA) is 91.0 Å². The number of anilines is 1. The van der Waals surface area contributed by atoms with Crippen LogP contribution in [0.15, 0.2) is 60.9 Å². The summed E-state index contributed by atoms with van der Waals surface area (Å²) in [5.74, 6) is -0.271. The second kappa shape index (κ2) is 10.9. The molecule has 3 aromatic rings. The number of nitriles is 1. The van der Waals surface area contributed by atoms with Gasteiger partial charge in [0.1, 0.15) is 11.6 Å². The van der Waals surface area contributed by atoms with E-state index in [0.29, 0.717) is 22.8 Å². The Labute approximate surface area is 186 Å². The van der Waals surface area contributed by atoms with Gasteiger partial charge in [-0.2, -0.15) is 5.26 Å². The molecule has 0 radical (unpaired) electrons. The minimum atomic E-state index is -0.413. The van der Waals surface area contributed by atoms with Gasteiger partial charge in [0.25, 0.3) is 0 Å². The maximum Gasteiger partial charge on any atom is 0.227 e. The van der Waals surface area contributed by atoms with E-state index in [0.717, 1.165) is 0 Å². The highest BCUT2D eigenvalue weighted by Gasteiger charge is 2.17. The molecule has 164 valence electrons. The van der Waals surface area contributed by atoms with Gasteiger partial charge in [0.05, 0.1) is 18.2 Å². The van der Waals surface area contributed by atoms with E-state index in [1.165, 1.54) is 11.0 Å². The van der Waals surface area contributed by atoms with Crippen molar-refractivity contribution in [2.45, 2.75) is 32.7 Å². The van der Waals surface area contributed by atoms with Gasteiger partial charge in [-0.3, -0.25) is 9.59 Å². The molecule has 0 aliphatic carbocycles. The normalized spacial score (nSPS) is 10.4. The highest BCUT2D eigenvalue weighted by atomic mass is 19.1. The Kier molecular flexibility index (Phi) is 7.70. The molecule has 7 nitrogen and oxygen atoms in total. The lowest BCUT2D eigenvalue weighted by Gasteiger charge is -2.21. The average molecular weight is 433 g/mol. The Morgan fingerprint density at radius 3 is 2.62 bits per heavy atom. The standard InChI is InChI=1S/C24H24FN5O2/c1-18-27-13-15-29(18)22-9-8-19(16-21(22)25)17-28-23(31)10-11-24(32)30(14-5-12-26)20-6-3-2-4-7-20/h2-4,6-9,13,15-16H,5,10-11,14,17H2,1H3,(H,28,31). The molecule has 0 aliphatic heterocycles. The molecule has 1 heterocycles. The minimum absolute atomic E-state index is 0.00349. The van der Waals surface area contributed by atoms with Crippen molar-refractivity contribution >= 4 is 17.5 Å². The smallest absolute Gasteiger partial charge is 0.227 e. The van der Waals surface area contributed by atoms with E-state index in [4.69, 9.17) is 5.26 Å². The van der Waals surface area contributed by atoms with Crippen molar-refractivity contribution in [2.75, 3.05) is 11.4 Å². The van der Waals surface area contributed by atoms with Crippen LogP contribution < -0.4 is 10.2 Å².